The number of amides is 1. The molecule has 0 saturated heterocycles. The fourth-order valence-corrected chi connectivity index (χ4v) is 3.90. The molecule has 0 aliphatic carbocycles. The lowest BCUT2D eigenvalue weighted by Crippen LogP contribution is -2.29. The monoisotopic (exact) mass is 375 g/mol. The number of hydrogen-bond acceptors (Lipinski definition) is 3. The molecule has 2 N–H and O–H groups in total. The second-order valence-corrected chi connectivity index (χ2v) is 6.99. The first-order chi connectivity index (χ1) is 12.5. The lowest BCUT2D eigenvalue weighted by Gasteiger charge is -2.18. The van der Waals surface area contributed by atoms with Crippen LogP contribution >= 0.6 is 11.6 Å². The summed E-state index contributed by atoms with van der Waals surface area (Å²) in [6.45, 7) is 0.514. The van der Waals surface area contributed by atoms with E-state index in [9.17, 15) is 14.7 Å². The Kier molecular flexibility index (Phi) is 5.67. The molecule has 2 aromatic rings. The number of aromatic hydroxyl groups is 1. The quantitative estimate of drug-likeness (QED) is 0.560. The second kappa shape index (κ2) is 7.96. The van der Waals surface area contributed by atoms with Crippen LogP contribution in [0.4, 0.5) is 5.69 Å². The zero-order chi connectivity index (χ0) is 18.7. The van der Waals surface area contributed by atoms with Gasteiger partial charge < -0.3 is 15.1 Å². The van der Waals surface area contributed by atoms with Crippen molar-refractivity contribution < 1.29 is 19.8 Å². The molecule has 0 aromatic heterocycles. The van der Waals surface area contributed by atoms with Crippen molar-refractivity contribution in [2.24, 2.45) is 0 Å². The highest BCUT2D eigenvalue weighted by Gasteiger charge is 2.33. The number of hydrogen-bond donors (Lipinski definition) is 2. The van der Waals surface area contributed by atoms with Crippen molar-refractivity contribution in [2.75, 3.05) is 17.3 Å². The number of anilines is 1. The van der Waals surface area contributed by atoms with E-state index >= 15 is 0 Å². The van der Waals surface area contributed by atoms with E-state index in [1.54, 1.807) is 11.0 Å². The number of fused-ring (bicyclic) bond motifs is 3. The number of carboxylic acids is 1. The SMILES string of the molecule is O=C(O)CCCCCC(=O)N1C[C@@H](CCl)c2c1cc(O)c1ccccc21. The van der Waals surface area contributed by atoms with E-state index < -0.39 is 5.97 Å². The van der Waals surface area contributed by atoms with E-state index in [0.29, 0.717) is 38.1 Å². The van der Waals surface area contributed by atoms with E-state index in [-0.39, 0.29) is 24.0 Å². The van der Waals surface area contributed by atoms with Gasteiger partial charge in [0.05, 0.1) is 5.69 Å². The van der Waals surface area contributed by atoms with Crippen LogP contribution in [-0.2, 0) is 9.59 Å². The summed E-state index contributed by atoms with van der Waals surface area (Å²) in [5.74, 6) is -0.215. The third kappa shape index (κ3) is 3.63. The molecule has 5 nitrogen and oxygen atoms in total. The molecule has 26 heavy (non-hydrogen) atoms. The molecule has 0 spiro atoms. The van der Waals surface area contributed by atoms with Crippen LogP contribution in [0.25, 0.3) is 10.8 Å². The number of alkyl halides is 1. The Hall–Kier alpha value is -2.27. The van der Waals surface area contributed by atoms with E-state index in [1.165, 1.54) is 0 Å². The van der Waals surface area contributed by atoms with Crippen molar-refractivity contribution in [1.29, 1.82) is 0 Å². The molecule has 1 heterocycles. The Bertz CT molecular complexity index is 836. The van der Waals surface area contributed by atoms with Gasteiger partial charge in [-0.15, -0.1) is 11.6 Å². The highest BCUT2D eigenvalue weighted by atomic mass is 35.5. The summed E-state index contributed by atoms with van der Waals surface area (Å²) in [4.78, 5) is 25.0. The van der Waals surface area contributed by atoms with Crippen LogP contribution in [0, 0.1) is 0 Å². The Morgan fingerprint density at radius 3 is 2.50 bits per heavy atom. The van der Waals surface area contributed by atoms with Gasteiger partial charge in [-0.25, -0.2) is 0 Å². The molecule has 0 unspecified atom stereocenters. The van der Waals surface area contributed by atoms with Gasteiger partial charge in [0.25, 0.3) is 0 Å². The number of carbonyl (C=O) groups is 2. The summed E-state index contributed by atoms with van der Waals surface area (Å²) in [5, 5.41) is 20.7. The zero-order valence-corrected chi connectivity index (χ0v) is 15.2. The number of carbonyl (C=O) groups excluding carboxylic acids is 1. The van der Waals surface area contributed by atoms with Crippen molar-refractivity contribution in [3.8, 4) is 5.75 Å². The smallest absolute Gasteiger partial charge is 0.303 e. The minimum atomic E-state index is -0.808. The Balaban J connectivity index is 1.80. The van der Waals surface area contributed by atoms with Crippen LogP contribution < -0.4 is 4.90 Å². The zero-order valence-electron chi connectivity index (χ0n) is 14.4. The number of phenolic OH excluding ortho intramolecular Hbond substituents is 1. The van der Waals surface area contributed by atoms with Crippen LogP contribution in [-0.4, -0.2) is 34.5 Å². The number of unbranched alkanes of at least 4 members (excludes halogenated alkanes) is 2. The molecule has 0 radical (unpaired) electrons. The molecular weight excluding hydrogens is 354 g/mol. The maximum Gasteiger partial charge on any atom is 0.303 e. The molecule has 1 amide bonds. The van der Waals surface area contributed by atoms with Crippen LogP contribution in [0.1, 0.15) is 43.6 Å². The van der Waals surface area contributed by atoms with E-state index in [4.69, 9.17) is 16.7 Å². The molecular formula is C20H22ClNO4. The minimum Gasteiger partial charge on any atom is -0.507 e. The highest BCUT2D eigenvalue weighted by molar-refractivity contribution is 6.19. The molecule has 3 rings (SSSR count). The number of benzene rings is 2. The highest BCUT2D eigenvalue weighted by Crippen LogP contribution is 2.45. The van der Waals surface area contributed by atoms with E-state index in [1.807, 2.05) is 24.3 Å². The van der Waals surface area contributed by atoms with Crippen LogP contribution in [0.5, 0.6) is 5.75 Å². The molecule has 2 aromatic carbocycles. The van der Waals surface area contributed by atoms with E-state index in [2.05, 4.69) is 0 Å². The first kappa shape index (κ1) is 18.5. The molecule has 138 valence electrons. The van der Waals surface area contributed by atoms with Gasteiger partial charge in [0.2, 0.25) is 5.91 Å². The van der Waals surface area contributed by atoms with Crippen molar-refractivity contribution in [3.05, 3.63) is 35.9 Å². The summed E-state index contributed by atoms with van der Waals surface area (Å²) in [5.41, 5.74) is 1.76. The van der Waals surface area contributed by atoms with Gasteiger partial charge in [0, 0.05) is 42.6 Å². The molecule has 1 atom stereocenters. The van der Waals surface area contributed by atoms with Gasteiger partial charge in [-0.2, -0.15) is 0 Å². The van der Waals surface area contributed by atoms with Crippen molar-refractivity contribution in [2.45, 2.75) is 38.0 Å². The number of phenols is 1. The molecule has 0 fully saturated rings. The predicted molar refractivity (Wildman–Crippen MR) is 102 cm³/mol. The topological polar surface area (TPSA) is 77.8 Å². The average molecular weight is 376 g/mol. The molecule has 0 bridgehead atoms. The third-order valence-electron chi connectivity index (χ3n) is 4.91. The van der Waals surface area contributed by atoms with Crippen LogP contribution in [0.15, 0.2) is 30.3 Å². The van der Waals surface area contributed by atoms with Crippen LogP contribution in [0.2, 0.25) is 0 Å². The number of rotatable bonds is 7. The van der Waals surface area contributed by atoms with Gasteiger partial charge in [-0.1, -0.05) is 30.7 Å². The first-order valence-corrected chi connectivity index (χ1v) is 9.39. The maximum absolute atomic E-state index is 12.7. The average Bonchev–Trinajstić information content (AvgIpc) is 3.00. The number of halogens is 1. The lowest BCUT2D eigenvalue weighted by atomic mass is 9.95. The summed E-state index contributed by atoms with van der Waals surface area (Å²) in [6.07, 6.45) is 2.44. The summed E-state index contributed by atoms with van der Waals surface area (Å²) < 4.78 is 0. The summed E-state index contributed by atoms with van der Waals surface area (Å²) in [7, 11) is 0. The minimum absolute atomic E-state index is 0.0103. The number of carboxylic acid groups (broad SMARTS) is 1. The van der Waals surface area contributed by atoms with E-state index in [0.717, 1.165) is 22.0 Å². The predicted octanol–water partition coefficient (Wildman–Crippen LogP) is 4.25. The number of aliphatic carboxylic acids is 1. The van der Waals surface area contributed by atoms with Gasteiger partial charge >= 0.3 is 5.97 Å². The van der Waals surface area contributed by atoms with Gasteiger partial charge in [0.15, 0.2) is 0 Å². The lowest BCUT2D eigenvalue weighted by molar-refractivity contribution is -0.137. The largest absolute Gasteiger partial charge is 0.507 e. The fraction of sp³-hybridized carbons (Fsp3) is 0.400. The molecule has 1 aliphatic heterocycles. The standard InChI is InChI=1S/C20H22ClNO4/c21-11-13-12-22(18(24)8-2-1-3-9-19(25)26)16-10-17(23)14-6-4-5-7-15(14)20(13)16/h4-7,10,13,23H,1-3,8-9,11-12H2,(H,25,26)/t13-/m1/s1. The summed E-state index contributed by atoms with van der Waals surface area (Å²) >= 11 is 6.16. The Labute approximate surface area is 157 Å². The molecule has 0 saturated carbocycles. The van der Waals surface area contributed by atoms with Gasteiger partial charge in [0.1, 0.15) is 5.75 Å². The summed E-state index contributed by atoms with van der Waals surface area (Å²) in [6, 6.07) is 9.27. The second-order valence-electron chi connectivity index (χ2n) is 6.68. The first-order valence-electron chi connectivity index (χ1n) is 8.85. The van der Waals surface area contributed by atoms with Crippen LogP contribution in [0.3, 0.4) is 0 Å². The van der Waals surface area contributed by atoms with Gasteiger partial charge in [-0.3, -0.25) is 9.59 Å². The van der Waals surface area contributed by atoms with Crippen molar-refractivity contribution in [1.82, 2.24) is 0 Å². The molecule has 6 heteroatoms. The normalized spacial score (nSPS) is 16.0. The third-order valence-corrected chi connectivity index (χ3v) is 5.29. The number of nitrogens with zero attached hydrogens (tertiary/aromatic N) is 1. The fourth-order valence-electron chi connectivity index (χ4n) is 3.65. The molecule has 1 aliphatic rings. The Morgan fingerprint density at radius 2 is 1.81 bits per heavy atom. The van der Waals surface area contributed by atoms with Crippen molar-refractivity contribution >= 4 is 39.9 Å². The van der Waals surface area contributed by atoms with Gasteiger partial charge in [-0.05, 0) is 23.8 Å². The maximum atomic E-state index is 12.7. The Morgan fingerprint density at radius 1 is 1.12 bits per heavy atom. The van der Waals surface area contributed by atoms with Crippen molar-refractivity contribution in [3.63, 3.8) is 0 Å².